The zero-order valence-corrected chi connectivity index (χ0v) is 15.5. The first-order chi connectivity index (χ1) is 12.1. The number of methoxy groups -OCH3 is 1. The van der Waals surface area contributed by atoms with E-state index in [2.05, 4.69) is 31.2 Å². The molecule has 2 aromatic heterocycles. The normalized spacial score (nSPS) is 11.2. The van der Waals surface area contributed by atoms with Crippen molar-refractivity contribution in [3.63, 3.8) is 0 Å². The molecule has 25 heavy (non-hydrogen) atoms. The van der Waals surface area contributed by atoms with Gasteiger partial charge >= 0.3 is 0 Å². The molecule has 5 nitrogen and oxygen atoms in total. The Morgan fingerprint density at radius 3 is 2.68 bits per heavy atom. The van der Waals surface area contributed by atoms with Gasteiger partial charge in [0, 0.05) is 12.0 Å². The van der Waals surface area contributed by atoms with Crippen molar-refractivity contribution in [2.75, 3.05) is 7.11 Å². The van der Waals surface area contributed by atoms with Crippen LogP contribution >= 0.6 is 27.3 Å². The summed E-state index contributed by atoms with van der Waals surface area (Å²) >= 11 is 4.62. The molecule has 4 aromatic rings. The van der Waals surface area contributed by atoms with E-state index in [9.17, 15) is 4.39 Å². The van der Waals surface area contributed by atoms with Gasteiger partial charge < -0.3 is 4.74 Å². The molecule has 0 aliphatic carbocycles. The van der Waals surface area contributed by atoms with E-state index in [-0.39, 0.29) is 5.82 Å². The Hall–Kier alpha value is -2.32. The fourth-order valence-corrected chi connectivity index (χ4v) is 3.67. The number of fused-ring (bicyclic) bond motifs is 1. The van der Waals surface area contributed by atoms with Crippen LogP contribution in [0, 0.1) is 5.82 Å². The summed E-state index contributed by atoms with van der Waals surface area (Å²) in [6, 6.07) is 12.6. The SMILES string of the molecule is COc1ccc(Cc2nnc3sc(-c4ccc(F)c(Br)c4)nn23)cc1. The zero-order valence-electron chi connectivity index (χ0n) is 13.1. The van der Waals surface area contributed by atoms with Gasteiger partial charge in [-0.1, -0.05) is 23.5 Å². The quantitative estimate of drug-likeness (QED) is 0.494. The molecule has 8 heteroatoms. The Bertz CT molecular complexity index is 1040. The molecule has 2 heterocycles. The summed E-state index contributed by atoms with van der Waals surface area (Å²) in [6.45, 7) is 0. The summed E-state index contributed by atoms with van der Waals surface area (Å²) in [6.07, 6.45) is 0.613. The van der Waals surface area contributed by atoms with Crippen molar-refractivity contribution in [3.05, 3.63) is 64.1 Å². The van der Waals surface area contributed by atoms with E-state index in [1.807, 2.05) is 24.3 Å². The molecule has 0 saturated heterocycles. The molecule has 0 saturated carbocycles. The van der Waals surface area contributed by atoms with Crippen LogP contribution in [0.2, 0.25) is 0 Å². The third-order valence-electron chi connectivity index (χ3n) is 3.74. The molecule has 0 atom stereocenters. The summed E-state index contributed by atoms with van der Waals surface area (Å²) < 4.78 is 20.7. The lowest BCUT2D eigenvalue weighted by Crippen LogP contribution is -1.98. The van der Waals surface area contributed by atoms with Crippen LogP contribution in [-0.4, -0.2) is 26.9 Å². The predicted octanol–water partition coefficient (Wildman–Crippen LogP) is 4.35. The predicted molar refractivity (Wildman–Crippen MR) is 97.6 cm³/mol. The van der Waals surface area contributed by atoms with Crippen LogP contribution in [0.4, 0.5) is 4.39 Å². The Morgan fingerprint density at radius 1 is 1.16 bits per heavy atom. The summed E-state index contributed by atoms with van der Waals surface area (Å²) in [4.78, 5) is 0.707. The molecule has 0 bridgehead atoms. The van der Waals surface area contributed by atoms with Crippen molar-refractivity contribution < 1.29 is 9.13 Å². The van der Waals surface area contributed by atoms with Crippen molar-refractivity contribution >= 4 is 32.2 Å². The van der Waals surface area contributed by atoms with Crippen molar-refractivity contribution in [2.24, 2.45) is 0 Å². The van der Waals surface area contributed by atoms with Crippen LogP contribution in [0.5, 0.6) is 5.75 Å². The lowest BCUT2D eigenvalue weighted by Gasteiger charge is -2.02. The van der Waals surface area contributed by atoms with Gasteiger partial charge in [-0.2, -0.15) is 9.61 Å². The fourth-order valence-electron chi connectivity index (χ4n) is 2.44. The summed E-state index contributed by atoms with van der Waals surface area (Å²) in [5.74, 6) is 1.27. The molecule has 2 aromatic carbocycles. The van der Waals surface area contributed by atoms with E-state index >= 15 is 0 Å². The topological polar surface area (TPSA) is 52.3 Å². The maximum Gasteiger partial charge on any atom is 0.234 e. The van der Waals surface area contributed by atoms with E-state index < -0.39 is 0 Å². The van der Waals surface area contributed by atoms with Crippen LogP contribution in [0.25, 0.3) is 15.5 Å². The van der Waals surface area contributed by atoms with Gasteiger partial charge in [0.05, 0.1) is 11.6 Å². The zero-order chi connectivity index (χ0) is 17.4. The van der Waals surface area contributed by atoms with Gasteiger partial charge in [-0.25, -0.2) is 4.39 Å². The Morgan fingerprint density at radius 2 is 1.96 bits per heavy atom. The van der Waals surface area contributed by atoms with Gasteiger partial charge in [-0.15, -0.1) is 10.2 Å². The van der Waals surface area contributed by atoms with Gasteiger partial charge in [0.15, 0.2) is 5.82 Å². The van der Waals surface area contributed by atoms with Crippen LogP contribution in [-0.2, 0) is 6.42 Å². The first kappa shape index (κ1) is 16.2. The van der Waals surface area contributed by atoms with Crippen molar-refractivity contribution in [2.45, 2.75) is 6.42 Å². The lowest BCUT2D eigenvalue weighted by molar-refractivity contribution is 0.414. The minimum atomic E-state index is -0.299. The minimum Gasteiger partial charge on any atom is -0.497 e. The second-order valence-corrected chi connectivity index (χ2v) is 7.18. The lowest BCUT2D eigenvalue weighted by atomic mass is 10.1. The monoisotopic (exact) mass is 418 g/mol. The van der Waals surface area contributed by atoms with Crippen LogP contribution in [0.15, 0.2) is 46.9 Å². The van der Waals surface area contributed by atoms with Crippen LogP contribution < -0.4 is 4.74 Å². The Labute approximate surface area is 155 Å². The van der Waals surface area contributed by atoms with Gasteiger partial charge in [0.2, 0.25) is 4.96 Å². The third kappa shape index (κ3) is 3.14. The highest BCUT2D eigenvalue weighted by molar-refractivity contribution is 9.10. The largest absolute Gasteiger partial charge is 0.497 e. The Kier molecular flexibility index (Phi) is 4.22. The van der Waals surface area contributed by atoms with Gasteiger partial charge in [-0.3, -0.25) is 0 Å². The second kappa shape index (κ2) is 6.53. The summed E-state index contributed by atoms with van der Waals surface area (Å²) in [7, 11) is 1.64. The highest BCUT2D eigenvalue weighted by Crippen LogP contribution is 2.29. The molecule has 0 aliphatic heterocycles. The standard InChI is InChI=1S/C17H12BrFN4OS/c1-24-12-5-2-10(3-6-12)8-15-20-21-17-23(15)22-16(25-17)11-4-7-14(19)13(18)9-11/h2-7,9H,8H2,1H3. The number of aromatic nitrogens is 4. The maximum absolute atomic E-state index is 13.4. The number of ether oxygens (including phenoxy) is 1. The average Bonchev–Trinajstić information content (AvgIpc) is 3.20. The molecule has 0 aliphatic rings. The van der Waals surface area contributed by atoms with Gasteiger partial charge in [0.25, 0.3) is 0 Å². The summed E-state index contributed by atoms with van der Waals surface area (Å²) in [5, 5.41) is 13.8. The van der Waals surface area contributed by atoms with E-state index in [1.54, 1.807) is 23.8 Å². The minimum absolute atomic E-state index is 0.299. The van der Waals surface area contributed by atoms with Crippen molar-refractivity contribution in [1.29, 1.82) is 0 Å². The second-order valence-electron chi connectivity index (χ2n) is 5.37. The molecule has 0 radical (unpaired) electrons. The molecule has 4 rings (SSSR count). The molecular formula is C17H12BrFN4OS. The molecule has 0 spiro atoms. The van der Waals surface area contributed by atoms with Crippen LogP contribution in [0.3, 0.4) is 0 Å². The molecule has 0 N–H and O–H groups in total. The van der Waals surface area contributed by atoms with E-state index in [1.165, 1.54) is 17.4 Å². The molecule has 0 amide bonds. The summed E-state index contributed by atoms with van der Waals surface area (Å²) in [5.41, 5.74) is 1.92. The van der Waals surface area contributed by atoms with E-state index in [0.717, 1.165) is 27.7 Å². The number of hydrogen-bond acceptors (Lipinski definition) is 5. The molecule has 126 valence electrons. The molecular weight excluding hydrogens is 407 g/mol. The van der Waals surface area contributed by atoms with E-state index in [4.69, 9.17) is 4.74 Å². The number of rotatable bonds is 4. The molecule has 0 fully saturated rings. The average molecular weight is 419 g/mol. The van der Waals surface area contributed by atoms with E-state index in [0.29, 0.717) is 15.9 Å². The first-order valence-corrected chi connectivity index (χ1v) is 9.04. The van der Waals surface area contributed by atoms with Crippen LogP contribution in [0.1, 0.15) is 11.4 Å². The fraction of sp³-hybridized carbons (Fsp3) is 0.118. The number of benzene rings is 2. The maximum atomic E-state index is 13.4. The third-order valence-corrected chi connectivity index (χ3v) is 5.30. The number of nitrogens with zero attached hydrogens (tertiary/aromatic N) is 4. The smallest absolute Gasteiger partial charge is 0.234 e. The van der Waals surface area contributed by atoms with Crippen molar-refractivity contribution in [3.8, 4) is 16.3 Å². The van der Waals surface area contributed by atoms with Gasteiger partial charge in [-0.05, 0) is 51.8 Å². The molecule has 0 unspecified atom stereocenters. The van der Waals surface area contributed by atoms with Gasteiger partial charge in [0.1, 0.15) is 16.6 Å². The van der Waals surface area contributed by atoms with Crippen molar-refractivity contribution in [1.82, 2.24) is 19.8 Å². The Balaban J connectivity index is 1.66. The number of hydrogen-bond donors (Lipinski definition) is 0. The highest BCUT2D eigenvalue weighted by Gasteiger charge is 2.14. The highest BCUT2D eigenvalue weighted by atomic mass is 79.9. The number of halogens is 2. The first-order valence-electron chi connectivity index (χ1n) is 7.43.